The van der Waals surface area contributed by atoms with Crippen LogP contribution in [0.3, 0.4) is 0 Å². The maximum absolute atomic E-state index is 14.2. The van der Waals surface area contributed by atoms with Gasteiger partial charge in [0, 0.05) is 29.6 Å². The number of unbranched alkanes of at least 4 members (excludes halogenated alkanes) is 1. The number of aryl methyl sites for hydroxylation is 1. The summed E-state index contributed by atoms with van der Waals surface area (Å²) < 4.78 is 27.1. The molecule has 0 fully saturated rings. The molecule has 3 aromatic rings. The summed E-state index contributed by atoms with van der Waals surface area (Å²) in [5, 5.41) is 3.75. The predicted molar refractivity (Wildman–Crippen MR) is 167 cm³/mol. The molecule has 7 nitrogen and oxygen atoms in total. The van der Waals surface area contributed by atoms with Crippen LogP contribution >= 0.6 is 23.2 Å². The standard InChI is InChI=1S/C31H37Cl2N3O4S/c1-4-6-18-34-31(38)29(19-23-12-8-7-9-13-23)35(21-25-16-17-26(32)20-27(25)33)30(37)22-36(41(3,39)40)28-15-11-10-14-24(28)5-2/h7-17,20,29H,4-6,18-19,21-22H2,1-3H3,(H,34,38)/t29-/m0/s1. The monoisotopic (exact) mass is 617 g/mol. The minimum absolute atomic E-state index is 0.0133. The van der Waals surface area contributed by atoms with E-state index in [2.05, 4.69) is 5.32 Å². The first-order valence-corrected chi connectivity index (χ1v) is 16.3. The highest BCUT2D eigenvalue weighted by Gasteiger charge is 2.33. The summed E-state index contributed by atoms with van der Waals surface area (Å²) in [5.74, 6) is -0.848. The van der Waals surface area contributed by atoms with Crippen LogP contribution in [0.25, 0.3) is 0 Å². The average molecular weight is 619 g/mol. The Kier molecular flexibility index (Phi) is 12.1. The summed E-state index contributed by atoms with van der Waals surface area (Å²) in [5.41, 5.74) is 2.67. The number of benzene rings is 3. The summed E-state index contributed by atoms with van der Waals surface area (Å²) in [6, 6.07) is 20.5. The van der Waals surface area contributed by atoms with Crippen molar-refractivity contribution in [2.45, 2.75) is 52.1 Å². The molecule has 1 N–H and O–H groups in total. The number of amides is 2. The second-order valence-electron chi connectivity index (χ2n) is 9.86. The van der Waals surface area contributed by atoms with Gasteiger partial charge in [0.1, 0.15) is 12.6 Å². The van der Waals surface area contributed by atoms with Gasteiger partial charge in [-0.15, -0.1) is 0 Å². The zero-order chi connectivity index (χ0) is 30.0. The number of sulfonamides is 1. The fraction of sp³-hybridized carbons (Fsp3) is 0.355. The number of nitrogens with one attached hydrogen (secondary N) is 1. The number of hydrogen-bond donors (Lipinski definition) is 1. The molecule has 2 amide bonds. The van der Waals surface area contributed by atoms with Gasteiger partial charge in [0.05, 0.1) is 11.9 Å². The normalized spacial score (nSPS) is 12.0. The maximum atomic E-state index is 14.2. The Morgan fingerprint density at radius 2 is 1.61 bits per heavy atom. The first kappa shape index (κ1) is 32.4. The van der Waals surface area contributed by atoms with Crippen LogP contribution in [0.15, 0.2) is 72.8 Å². The van der Waals surface area contributed by atoms with E-state index in [0.29, 0.717) is 34.3 Å². The van der Waals surface area contributed by atoms with E-state index in [1.54, 1.807) is 30.3 Å². The van der Waals surface area contributed by atoms with E-state index in [4.69, 9.17) is 23.2 Å². The van der Waals surface area contributed by atoms with Gasteiger partial charge in [0.25, 0.3) is 0 Å². The lowest BCUT2D eigenvalue weighted by Crippen LogP contribution is -2.53. The highest BCUT2D eigenvalue weighted by atomic mass is 35.5. The van der Waals surface area contributed by atoms with Gasteiger partial charge in [-0.25, -0.2) is 8.42 Å². The van der Waals surface area contributed by atoms with E-state index in [9.17, 15) is 18.0 Å². The van der Waals surface area contributed by atoms with Crippen molar-refractivity contribution in [2.75, 3.05) is 23.7 Å². The van der Waals surface area contributed by atoms with Crippen LogP contribution in [-0.2, 0) is 39.0 Å². The minimum atomic E-state index is -3.85. The SMILES string of the molecule is CCCCNC(=O)[C@H](Cc1ccccc1)N(Cc1ccc(Cl)cc1Cl)C(=O)CN(c1ccccc1CC)S(C)(=O)=O. The molecule has 0 saturated heterocycles. The Morgan fingerprint density at radius 1 is 0.927 bits per heavy atom. The number of rotatable bonds is 14. The summed E-state index contributed by atoms with van der Waals surface area (Å²) in [6.07, 6.45) is 3.58. The lowest BCUT2D eigenvalue weighted by molar-refractivity contribution is -0.140. The van der Waals surface area contributed by atoms with E-state index < -0.39 is 28.5 Å². The van der Waals surface area contributed by atoms with E-state index in [-0.39, 0.29) is 18.9 Å². The first-order chi connectivity index (χ1) is 19.5. The third kappa shape index (κ3) is 9.21. The third-order valence-electron chi connectivity index (χ3n) is 6.78. The van der Waals surface area contributed by atoms with Crippen molar-refractivity contribution in [1.29, 1.82) is 0 Å². The summed E-state index contributed by atoms with van der Waals surface area (Å²) >= 11 is 12.6. The molecule has 220 valence electrons. The number of carbonyl (C=O) groups is 2. The Labute approximate surface area is 253 Å². The Balaban J connectivity index is 2.08. The molecule has 0 unspecified atom stereocenters. The lowest BCUT2D eigenvalue weighted by atomic mass is 10.0. The fourth-order valence-electron chi connectivity index (χ4n) is 4.54. The van der Waals surface area contributed by atoms with Crippen molar-refractivity contribution < 1.29 is 18.0 Å². The molecule has 0 spiro atoms. The topological polar surface area (TPSA) is 86.8 Å². The number of para-hydroxylation sites is 1. The van der Waals surface area contributed by atoms with Crippen molar-refractivity contribution in [3.63, 3.8) is 0 Å². The van der Waals surface area contributed by atoms with Gasteiger partial charge in [-0.1, -0.05) is 98.1 Å². The maximum Gasteiger partial charge on any atom is 0.244 e. The van der Waals surface area contributed by atoms with Gasteiger partial charge in [-0.05, 0) is 47.7 Å². The molecule has 41 heavy (non-hydrogen) atoms. The number of halogens is 2. The highest BCUT2D eigenvalue weighted by Crippen LogP contribution is 2.27. The van der Waals surface area contributed by atoms with Crippen molar-refractivity contribution in [2.24, 2.45) is 0 Å². The molecular weight excluding hydrogens is 581 g/mol. The quantitative estimate of drug-likeness (QED) is 0.229. The summed E-state index contributed by atoms with van der Waals surface area (Å²) in [6.45, 7) is 3.92. The van der Waals surface area contributed by atoms with Crippen LogP contribution in [0, 0.1) is 0 Å². The molecule has 0 aromatic heterocycles. The van der Waals surface area contributed by atoms with Crippen LogP contribution < -0.4 is 9.62 Å². The minimum Gasteiger partial charge on any atom is -0.354 e. The van der Waals surface area contributed by atoms with Crippen LogP contribution in [0.1, 0.15) is 43.4 Å². The number of anilines is 1. The Hall–Kier alpha value is -3.07. The predicted octanol–water partition coefficient (Wildman–Crippen LogP) is 5.88. The van der Waals surface area contributed by atoms with Crippen molar-refractivity contribution in [3.8, 4) is 0 Å². The molecule has 1 atom stereocenters. The largest absolute Gasteiger partial charge is 0.354 e. The van der Waals surface area contributed by atoms with Crippen molar-refractivity contribution in [1.82, 2.24) is 10.2 Å². The van der Waals surface area contributed by atoms with Crippen LogP contribution in [0.4, 0.5) is 5.69 Å². The van der Waals surface area contributed by atoms with Crippen LogP contribution in [-0.4, -0.2) is 50.5 Å². The van der Waals surface area contributed by atoms with Gasteiger partial charge < -0.3 is 10.2 Å². The number of carbonyl (C=O) groups excluding carboxylic acids is 2. The van der Waals surface area contributed by atoms with Gasteiger partial charge in [0.2, 0.25) is 21.8 Å². The average Bonchev–Trinajstić information content (AvgIpc) is 2.94. The van der Waals surface area contributed by atoms with Crippen molar-refractivity contribution in [3.05, 3.63) is 99.5 Å². The molecule has 3 rings (SSSR count). The fourth-order valence-corrected chi connectivity index (χ4v) is 5.89. The van der Waals surface area contributed by atoms with Crippen LogP contribution in [0.5, 0.6) is 0 Å². The van der Waals surface area contributed by atoms with Gasteiger partial charge in [-0.3, -0.25) is 13.9 Å². The zero-order valence-corrected chi connectivity index (χ0v) is 26.0. The van der Waals surface area contributed by atoms with E-state index in [1.807, 2.05) is 56.3 Å². The lowest BCUT2D eigenvalue weighted by Gasteiger charge is -2.34. The summed E-state index contributed by atoms with van der Waals surface area (Å²) in [4.78, 5) is 29.3. The van der Waals surface area contributed by atoms with E-state index in [1.165, 1.54) is 4.90 Å². The molecular formula is C31H37Cl2N3O4S. The summed E-state index contributed by atoms with van der Waals surface area (Å²) in [7, 11) is -3.85. The van der Waals surface area contributed by atoms with Crippen LogP contribution in [0.2, 0.25) is 10.0 Å². The van der Waals surface area contributed by atoms with E-state index in [0.717, 1.165) is 34.5 Å². The Morgan fingerprint density at radius 3 is 2.24 bits per heavy atom. The Bertz CT molecular complexity index is 1430. The molecule has 0 aliphatic heterocycles. The molecule has 0 saturated carbocycles. The molecule has 0 heterocycles. The second-order valence-corrected chi connectivity index (χ2v) is 12.6. The molecule has 0 aliphatic carbocycles. The van der Waals surface area contributed by atoms with Crippen molar-refractivity contribution >= 4 is 50.7 Å². The second kappa shape index (κ2) is 15.2. The smallest absolute Gasteiger partial charge is 0.244 e. The van der Waals surface area contributed by atoms with Gasteiger partial charge in [-0.2, -0.15) is 0 Å². The van der Waals surface area contributed by atoms with E-state index >= 15 is 0 Å². The zero-order valence-electron chi connectivity index (χ0n) is 23.6. The molecule has 0 aliphatic rings. The number of nitrogens with zero attached hydrogens (tertiary/aromatic N) is 2. The van der Waals surface area contributed by atoms with Gasteiger partial charge in [0.15, 0.2) is 0 Å². The highest BCUT2D eigenvalue weighted by molar-refractivity contribution is 7.92. The molecule has 0 radical (unpaired) electrons. The molecule has 0 bridgehead atoms. The number of hydrogen-bond acceptors (Lipinski definition) is 4. The van der Waals surface area contributed by atoms with Gasteiger partial charge >= 0.3 is 0 Å². The molecule has 10 heteroatoms. The first-order valence-electron chi connectivity index (χ1n) is 13.7. The third-order valence-corrected chi connectivity index (χ3v) is 8.49. The molecule has 3 aromatic carbocycles.